The van der Waals surface area contributed by atoms with Crippen LogP contribution >= 0.6 is 0 Å². The van der Waals surface area contributed by atoms with Crippen LogP contribution in [0.25, 0.3) is 0 Å². The van der Waals surface area contributed by atoms with Crippen molar-refractivity contribution in [3.05, 3.63) is 17.3 Å². The Morgan fingerprint density at radius 3 is 2.60 bits per heavy atom. The highest BCUT2D eigenvalue weighted by Crippen LogP contribution is 2.45. The number of carboxylic acids is 1. The zero-order valence-electron chi connectivity index (χ0n) is 12.4. The second-order valence-electron chi connectivity index (χ2n) is 6.12. The van der Waals surface area contributed by atoms with Gasteiger partial charge in [-0.3, -0.25) is 0 Å². The molecule has 1 aliphatic rings. The van der Waals surface area contributed by atoms with E-state index in [1.807, 2.05) is 0 Å². The molecule has 112 valence electrons. The van der Waals surface area contributed by atoms with Gasteiger partial charge in [0.05, 0.1) is 6.61 Å². The van der Waals surface area contributed by atoms with E-state index in [-0.39, 0.29) is 17.8 Å². The summed E-state index contributed by atoms with van der Waals surface area (Å²) >= 11 is 0. The molecule has 0 aromatic carbocycles. The summed E-state index contributed by atoms with van der Waals surface area (Å²) in [5.74, 6) is -0.0299. The first-order valence-corrected chi connectivity index (χ1v) is 7.21. The third kappa shape index (κ3) is 2.87. The third-order valence-corrected chi connectivity index (χ3v) is 3.99. The number of methoxy groups -OCH3 is 1. The van der Waals surface area contributed by atoms with Crippen LogP contribution < -0.4 is 0 Å². The summed E-state index contributed by atoms with van der Waals surface area (Å²) in [5, 5.41) is 9.22. The van der Waals surface area contributed by atoms with E-state index in [1.165, 1.54) is 7.11 Å². The van der Waals surface area contributed by atoms with Crippen molar-refractivity contribution in [3.8, 4) is 0 Å². The number of rotatable bonds is 6. The summed E-state index contributed by atoms with van der Waals surface area (Å²) in [6.07, 6.45) is 5.33. The zero-order chi connectivity index (χ0) is 14.8. The van der Waals surface area contributed by atoms with Gasteiger partial charge in [0, 0.05) is 12.5 Å². The van der Waals surface area contributed by atoms with Crippen LogP contribution in [0.4, 0.5) is 0 Å². The number of aromatic carboxylic acids is 1. The molecule has 2 rings (SSSR count). The van der Waals surface area contributed by atoms with E-state index in [2.05, 4.69) is 18.8 Å². The van der Waals surface area contributed by atoms with E-state index < -0.39 is 5.97 Å². The second kappa shape index (κ2) is 5.95. The molecule has 20 heavy (non-hydrogen) atoms. The summed E-state index contributed by atoms with van der Waals surface area (Å²) in [6, 6.07) is 0. The molecule has 1 heterocycles. The van der Waals surface area contributed by atoms with Gasteiger partial charge in [0.15, 0.2) is 0 Å². The molecule has 0 saturated heterocycles. The lowest BCUT2D eigenvalue weighted by molar-refractivity contribution is 0.0650. The Balaban J connectivity index is 2.38. The number of oxazole rings is 1. The highest BCUT2D eigenvalue weighted by atomic mass is 16.5. The Bertz CT molecular complexity index is 472. The average molecular weight is 281 g/mol. The van der Waals surface area contributed by atoms with Crippen LogP contribution in [0.1, 0.15) is 68.1 Å². The minimum atomic E-state index is -1.08. The van der Waals surface area contributed by atoms with Gasteiger partial charge in [-0.25, -0.2) is 9.78 Å². The molecule has 5 heteroatoms. The van der Waals surface area contributed by atoms with Crippen molar-refractivity contribution >= 4 is 5.97 Å². The molecule has 1 N–H and O–H groups in total. The molecule has 5 nitrogen and oxygen atoms in total. The van der Waals surface area contributed by atoms with Gasteiger partial charge in [-0.1, -0.05) is 26.7 Å². The molecule has 0 radical (unpaired) electrons. The zero-order valence-corrected chi connectivity index (χ0v) is 12.4. The maximum atomic E-state index is 11.3. The van der Waals surface area contributed by atoms with Crippen LogP contribution in [0, 0.1) is 5.92 Å². The molecule has 0 unspecified atom stereocenters. The Morgan fingerprint density at radius 2 is 2.10 bits per heavy atom. The molecule has 0 atom stereocenters. The van der Waals surface area contributed by atoms with Crippen LogP contribution in [0.2, 0.25) is 0 Å². The molecule has 1 saturated carbocycles. The molecule has 0 amide bonds. The number of hydrogen-bond donors (Lipinski definition) is 1. The summed E-state index contributed by atoms with van der Waals surface area (Å²) < 4.78 is 10.6. The summed E-state index contributed by atoms with van der Waals surface area (Å²) in [6.45, 7) is 4.53. The Hall–Kier alpha value is -1.36. The lowest BCUT2D eigenvalue weighted by atomic mass is 9.78. The SMILES string of the molecule is COCc1nc(C2(CC(C)C)CCCC2)oc1C(=O)O. The lowest BCUT2D eigenvalue weighted by Crippen LogP contribution is -2.24. The van der Waals surface area contributed by atoms with Crippen molar-refractivity contribution in [2.45, 2.75) is 58.0 Å². The van der Waals surface area contributed by atoms with Gasteiger partial charge in [0.2, 0.25) is 11.7 Å². The van der Waals surface area contributed by atoms with E-state index in [9.17, 15) is 9.90 Å². The fourth-order valence-corrected chi connectivity index (χ4v) is 3.32. The van der Waals surface area contributed by atoms with Crippen molar-refractivity contribution in [2.24, 2.45) is 5.92 Å². The smallest absolute Gasteiger partial charge is 0.373 e. The van der Waals surface area contributed by atoms with Crippen LogP contribution in [-0.4, -0.2) is 23.2 Å². The molecule has 0 bridgehead atoms. The Labute approximate surface area is 119 Å². The van der Waals surface area contributed by atoms with E-state index >= 15 is 0 Å². The standard InChI is InChI=1S/C15H23NO4/c1-10(2)8-15(6-4-5-7-15)14-16-11(9-19-3)12(20-14)13(17)18/h10H,4-9H2,1-3H3,(H,17,18). The highest BCUT2D eigenvalue weighted by molar-refractivity contribution is 5.85. The molecule has 1 aliphatic carbocycles. The van der Waals surface area contributed by atoms with E-state index in [0.717, 1.165) is 32.1 Å². The highest BCUT2D eigenvalue weighted by Gasteiger charge is 2.41. The molecule has 0 spiro atoms. The van der Waals surface area contributed by atoms with Crippen molar-refractivity contribution in [1.29, 1.82) is 0 Å². The van der Waals surface area contributed by atoms with E-state index in [1.54, 1.807) is 0 Å². The molecular weight excluding hydrogens is 258 g/mol. The minimum absolute atomic E-state index is 0.0723. The van der Waals surface area contributed by atoms with Crippen molar-refractivity contribution in [3.63, 3.8) is 0 Å². The van der Waals surface area contributed by atoms with Gasteiger partial charge in [0.25, 0.3) is 0 Å². The third-order valence-electron chi connectivity index (χ3n) is 3.99. The predicted octanol–water partition coefficient (Wildman–Crippen LogP) is 3.38. The van der Waals surface area contributed by atoms with E-state index in [0.29, 0.717) is 17.5 Å². The monoisotopic (exact) mass is 281 g/mol. The number of carbonyl (C=O) groups is 1. The molecule has 0 aliphatic heterocycles. The summed E-state index contributed by atoms with van der Waals surface area (Å²) in [4.78, 5) is 15.7. The fraction of sp³-hybridized carbons (Fsp3) is 0.733. The first kappa shape index (κ1) is 15.0. The maximum absolute atomic E-state index is 11.3. The summed E-state index contributed by atoms with van der Waals surface area (Å²) in [5.41, 5.74) is 0.301. The first-order chi connectivity index (χ1) is 9.48. The maximum Gasteiger partial charge on any atom is 0.373 e. The normalized spacial score (nSPS) is 17.8. The van der Waals surface area contributed by atoms with Crippen LogP contribution in [0.15, 0.2) is 4.42 Å². The number of aromatic nitrogens is 1. The number of hydrogen-bond acceptors (Lipinski definition) is 4. The van der Waals surface area contributed by atoms with Crippen molar-refractivity contribution in [1.82, 2.24) is 4.98 Å². The lowest BCUT2D eigenvalue weighted by Gasteiger charge is -2.27. The second-order valence-corrected chi connectivity index (χ2v) is 6.12. The topological polar surface area (TPSA) is 72.6 Å². The quantitative estimate of drug-likeness (QED) is 0.865. The Kier molecular flexibility index (Phi) is 4.48. The fourth-order valence-electron chi connectivity index (χ4n) is 3.32. The van der Waals surface area contributed by atoms with Crippen LogP contribution in [0.3, 0.4) is 0 Å². The largest absolute Gasteiger partial charge is 0.475 e. The van der Waals surface area contributed by atoms with Gasteiger partial charge in [-0.15, -0.1) is 0 Å². The van der Waals surface area contributed by atoms with Gasteiger partial charge >= 0.3 is 5.97 Å². The number of ether oxygens (including phenoxy) is 1. The van der Waals surface area contributed by atoms with E-state index in [4.69, 9.17) is 9.15 Å². The molecule has 1 aromatic rings. The molecular formula is C15H23NO4. The molecule has 1 fully saturated rings. The number of carboxylic acid groups (broad SMARTS) is 1. The predicted molar refractivity (Wildman–Crippen MR) is 73.8 cm³/mol. The summed E-state index contributed by atoms with van der Waals surface area (Å²) in [7, 11) is 1.53. The van der Waals surface area contributed by atoms with Gasteiger partial charge in [0.1, 0.15) is 5.69 Å². The van der Waals surface area contributed by atoms with Gasteiger partial charge in [-0.05, 0) is 25.2 Å². The van der Waals surface area contributed by atoms with Crippen LogP contribution in [0.5, 0.6) is 0 Å². The van der Waals surface area contributed by atoms with Crippen molar-refractivity contribution in [2.75, 3.05) is 7.11 Å². The number of nitrogens with zero attached hydrogens (tertiary/aromatic N) is 1. The average Bonchev–Trinajstić information content (AvgIpc) is 2.96. The Morgan fingerprint density at radius 1 is 1.45 bits per heavy atom. The van der Waals surface area contributed by atoms with Gasteiger partial charge < -0.3 is 14.3 Å². The minimum Gasteiger partial charge on any atom is -0.475 e. The first-order valence-electron chi connectivity index (χ1n) is 7.21. The van der Waals surface area contributed by atoms with Crippen LogP contribution in [-0.2, 0) is 16.8 Å². The van der Waals surface area contributed by atoms with Crippen molar-refractivity contribution < 1.29 is 19.1 Å². The van der Waals surface area contributed by atoms with Gasteiger partial charge in [-0.2, -0.15) is 0 Å². The molecule has 1 aromatic heterocycles.